The fourth-order valence-corrected chi connectivity index (χ4v) is 1.79. The number of aromatic nitrogens is 1. The number of halogens is 5. The van der Waals surface area contributed by atoms with Crippen LogP contribution in [-0.2, 0) is 4.79 Å². The molecular formula is C11H5Cl2F3N2O2. The number of amides is 1. The summed E-state index contributed by atoms with van der Waals surface area (Å²) in [5.41, 5.74) is 0.337. The molecule has 9 heteroatoms. The average Bonchev–Trinajstić information content (AvgIpc) is 2.76. The molecular weight excluding hydrogens is 320 g/mol. The zero-order valence-electron chi connectivity index (χ0n) is 9.46. The van der Waals surface area contributed by atoms with Gasteiger partial charge in [-0.15, -0.1) is 0 Å². The van der Waals surface area contributed by atoms with Gasteiger partial charge in [-0.3, -0.25) is 10.1 Å². The van der Waals surface area contributed by atoms with Gasteiger partial charge in [0.15, 0.2) is 0 Å². The van der Waals surface area contributed by atoms with E-state index in [2.05, 4.69) is 4.98 Å². The monoisotopic (exact) mass is 324 g/mol. The summed E-state index contributed by atoms with van der Waals surface area (Å²) >= 11 is 11.6. The third-order valence-corrected chi connectivity index (χ3v) is 2.71. The van der Waals surface area contributed by atoms with Gasteiger partial charge in [0.25, 0.3) is 0 Å². The summed E-state index contributed by atoms with van der Waals surface area (Å²) < 4.78 is 41.2. The van der Waals surface area contributed by atoms with E-state index < -0.39 is 18.0 Å². The van der Waals surface area contributed by atoms with Crippen LogP contribution in [0.3, 0.4) is 0 Å². The average molecular weight is 325 g/mol. The van der Waals surface area contributed by atoms with Gasteiger partial charge in [-0.05, 0) is 18.2 Å². The highest BCUT2D eigenvalue weighted by Crippen LogP contribution is 2.31. The summed E-state index contributed by atoms with van der Waals surface area (Å²) in [6.45, 7) is 0. The predicted molar refractivity (Wildman–Crippen MR) is 66.6 cm³/mol. The topological polar surface area (TPSA) is 55.1 Å². The van der Waals surface area contributed by atoms with Crippen molar-refractivity contribution in [2.24, 2.45) is 0 Å². The van der Waals surface area contributed by atoms with Crippen LogP contribution in [0.25, 0.3) is 11.5 Å². The number of carbonyl (C=O) groups excluding carboxylic acids is 1. The van der Waals surface area contributed by atoms with E-state index in [1.165, 1.54) is 18.2 Å². The molecule has 0 atom stereocenters. The summed E-state index contributed by atoms with van der Waals surface area (Å²) in [6, 6.07) is 4.43. The molecule has 106 valence electrons. The van der Waals surface area contributed by atoms with Gasteiger partial charge in [-0.2, -0.15) is 13.2 Å². The molecule has 0 bridgehead atoms. The summed E-state index contributed by atoms with van der Waals surface area (Å²) in [5.74, 6) is -2.63. The van der Waals surface area contributed by atoms with E-state index in [-0.39, 0.29) is 10.9 Å². The SMILES string of the molecule is O=C(Nc1cnc(-c2ccc(Cl)cc2Cl)o1)C(F)(F)F. The quantitative estimate of drug-likeness (QED) is 0.902. The third-order valence-electron chi connectivity index (χ3n) is 2.16. The summed E-state index contributed by atoms with van der Waals surface area (Å²) in [4.78, 5) is 14.5. The second-order valence-electron chi connectivity index (χ2n) is 3.61. The molecule has 1 aromatic carbocycles. The number of alkyl halides is 3. The molecule has 20 heavy (non-hydrogen) atoms. The molecule has 0 saturated heterocycles. The molecule has 1 aromatic heterocycles. The predicted octanol–water partition coefficient (Wildman–Crippen LogP) is 4.15. The Hall–Kier alpha value is -1.73. The maximum atomic E-state index is 12.1. The molecule has 0 aliphatic carbocycles. The van der Waals surface area contributed by atoms with E-state index in [1.807, 2.05) is 0 Å². The number of benzene rings is 1. The van der Waals surface area contributed by atoms with Crippen molar-refractivity contribution in [1.82, 2.24) is 4.98 Å². The molecule has 0 radical (unpaired) electrons. The first kappa shape index (κ1) is 14.7. The highest BCUT2D eigenvalue weighted by molar-refractivity contribution is 6.36. The summed E-state index contributed by atoms with van der Waals surface area (Å²) in [7, 11) is 0. The maximum absolute atomic E-state index is 12.1. The molecule has 2 aromatic rings. The number of nitrogens with zero attached hydrogens (tertiary/aromatic N) is 1. The molecule has 1 heterocycles. The van der Waals surface area contributed by atoms with Gasteiger partial charge < -0.3 is 4.42 Å². The van der Waals surface area contributed by atoms with Crippen molar-refractivity contribution in [3.63, 3.8) is 0 Å². The van der Waals surface area contributed by atoms with E-state index in [0.29, 0.717) is 10.6 Å². The molecule has 1 amide bonds. The summed E-state index contributed by atoms with van der Waals surface area (Å²) in [6.07, 6.45) is -4.06. The van der Waals surface area contributed by atoms with Gasteiger partial charge in [0.2, 0.25) is 11.8 Å². The molecule has 0 saturated carbocycles. The third kappa shape index (κ3) is 3.23. The minimum Gasteiger partial charge on any atom is -0.420 e. The first-order chi connectivity index (χ1) is 9.27. The number of rotatable bonds is 2. The Morgan fingerprint density at radius 1 is 1.30 bits per heavy atom. The largest absolute Gasteiger partial charge is 0.471 e. The summed E-state index contributed by atoms with van der Waals surface area (Å²) in [5, 5.41) is 2.14. The highest BCUT2D eigenvalue weighted by Gasteiger charge is 2.39. The van der Waals surface area contributed by atoms with Crippen LogP contribution < -0.4 is 5.32 Å². The van der Waals surface area contributed by atoms with E-state index in [0.717, 1.165) is 6.20 Å². The number of anilines is 1. The highest BCUT2D eigenvalue weighted by atomic mass is 35.5. The number of hydrogen-bond acceptors (Lipinski definition) is 3. The van der Waals surface area contributed by atoms with Crippen LogP contribution in [-0.4, -0.2) is 17.1 Å². The van der Waals surface area contributed by atoms with E-state index >= 15 is 0 Å². The molecule has 0 aliphatic heterocycles. The van der Waals surface area contributed by atoms with E-state index in [9.17, 15) is 18.0 Å². The molecule has 1 N–H and O–H groups in total. The molecule has 0 spiro atoms. The lowest BCUT2D eigenvalue weighted by molar-refractivity contribution is -0.167. The zero-order valence-corrected chi connectivity index (χ0v) is 11.0. The number of carbonyl (C=O) groups is 1. The fourth-order valence-electron chi connectivity index (χ4n) is 1.30. The molecule has 2 rings (SSSR count). The second kappa shape index (κ2) is 5.34. The van der Waals surface area contributed by atoms with Crippen LogP contribution in [0, 0.1) is 0 Å². The number of oxazole rings is 1. The Balaban J connectivity index is 2.23. The lowest BCUT2D eigenvalue weighted by Crippen LogP contribution is -2.29. The van der Waals surface area contributed by atoms with Crippen LogP contribution in [0.5, 0.6) is 0 Å². The number of hydrogen-bond donors (Lipinski definition) is 1. The molecule has 0 unspecified atom stereocenters. The van der Waals surface area contributed by atoms with E-state index in [1.54, 1.807) is 5.32 Å². The molecule has 4 nitrogen and oxygen atoms in total. The molecule has 0 aliphatic rings. The first-order valence-corrected chi connectivity index (χ1v) is 5.82. The van der Waals surface area contributed by atoms with Gasteiger partial charge >= 0.3 is 12.1 Å². The number of nitrogens with one attached hydrogen (secondary N) is 1. The van der Waals surface area contributed by atoms with Gasteiger partial charge in [0.05, 0.1) is 16.8 Å². The van der Waals surface area contributed by atoms with Crippen LogP contribution in [0.1, 0.15) is 0 Å². The molecule has 0 fully saturated rings. The standard InChI is InChI=1S/C11H5Cl2F3N2O2/c12-5-1-2-6(7(13)3-5)9-17-4-8(20-9)18-10(19)11(14,15)16/h1-4H,(H,18,19). The first-order valence-electron chi connectivity index (χ1n) is 5.07. The van der Waals surface area contributed by atoms with Gasteiger partial charge in [-0.1, -0.05) is 23.2 Å². The van der Waals surface area contributed by atoms with Gasteiger partial charge in [0.1, 0.15) is 0 Å². The Bertz CT molecular complexity index is 655. The van der Waals surface area contributed by atoms with Crippen LogP contribution in [0.15, 0.2) is 28.8 Å². The lowest BCUT2D eigenvalue weighted by Gasteiger charge is -2.04. The van der Waals surface area contributed by atoms with Crippen molar-refractivity contribution in [3.05, 3.63) is 34.4 Å². The Kier molecular flexibility index (Phi) is 3.92. The Labute approximate surface area is 120 Å². The van der Waals surface area contributed by atoms with E-state index in [4.69, 9.17) is 27.6 Å². The van der Waals surface area contributed by atoms with Crippen LogP contribution in [0.2, 0.25) is 10.0 Å². The van der Waals surface area contributed by atoms with Crippen molar-refractivity contribution in [1.29, 1.82) is 0 Å². The van der Waals surface area contributed by atoms with Crippen molar-refractivity contribution in [3.8, 4) is 11.5 Å². The normalized spacial score (nSPS) is 11.4. The fraction of sp³-hybridized carbons (Fsp3) is 0.0909. The van der Waals surface area contributed by atoms with Crippen molar-refractivity contribution < 1.29 is 22.4 Å². The maximum Gasteiger partial charge on any atom is 0.471 e. The van der Waals surface area contributed by atoms with Crippen molar-refractivity contribution in [2.45, 2.75) is 6.18 Å². The Morgan fingerprint density at radius 3 is 2.60 bits per heavy atom. The van der Waals surface area contributed by atoms with Crippen molar-refractivity contribution >= 4 is 35.0 Å². The minimum atomic E-state index is -5.01. The van der Waals surface area contributed by atoms with Gasteiger partial charge in [0, 0.05) is 5.02 Å². The van der Waals surface area contributed by atoms with Crippen LogP contribution in [0.4, 0.5) is 19.1 Å². The lowest BCUT2D eigenvalue weighted by atomic mass is 10.2. The zero-order chi connectivity index (χ0) is 14.9. The van der Waals surface area contributed by atoms with Crippen molar-refractivity contribution in [2.75, 3.05) is 5.32 Å². The van der Waals surface area contributed by atoms with Gasteiger partial charge in [-0.25, -0.2) is 4.98 Å². The minimum absolute atomic E-state index is 0.0378. The Morgan fingerprint density at radius 2 is 2.00 bits per heavy atom. The van der Waals surface area contributed by atoms with Crippen LogP contribution >= 0.6 is 23.2 Å². The smallest absolute Gasteiger partial charge is 0.420 e. The second-order valence-corrected chi connectivity index (χ2v) is 4.45.